The molecule has 1 N–H and O–H groups in total. The van der Waals surface area contributed by atoms with Crippen molar-refractivity contribution in [3.8, 4) is 0 Å². The Bertz CT molecular complexity index is 645. The lowest BCUT2D eigenvalue weighted by Crippen LogP contribution is -2.56. The smallest absolute Gasteiger partial charge is 0.408 e. The van der Waals surface area contributed by atoms with Crippen LogP contribution in [0.15, 0.2) is 25.3 Å². The summed E-state index contributed by atoms with van der Waals surface area (Å²) in [4.78, 5) is 40.0. The lowest BCUT2D eigenvalue weighted by atomic mass is 10.00. The first-order valence-electron chi connectivity index (χ1n) is 10.00. The summed E-state index contributed by atoms with van der Waals surface area (Å²) in [6, 6.07) is -1.97. The number of carbonyl (C=O) groups is 3. The zero-order chi connectivity index (χ0) is 22.6. The lowest BCUT2D eigenvalue weighted by Gasteiger charge is -2.34. The van der Waals surface area contributed by atoms with Gasteiger partial charge in [0.05, 0.1) is 6.04 Å². The monoisotopic (exact) mass is 408 g/mol. The van der Waals surface area contributed by atoms with E-state index in [0.29, 0.717) is 12.8 Å². The zero-order valence-corrected chi connectivity index (χ0v) is 18.8. The van der Waals surface area contributed by atoms with Crippen molar-refractivity contribution < 1.29 is 23.9 Å². The average molecular weight is 409 g/mol. The molecule has 1 aliphatic heterocycles. The Hall–Kier alpha value is -2.31. The number of esters is 1. The molecule has 0 saturated carbocycles. The quantitative estimate of drug-likeness (QED) is 0.536. The molecule has 1 unspecified atom stereocenters. The fraction of sp³-hybridized carbons (Fsp3) is 0.682. The molecule has 2 amide bonds. The van der Waals surface area contributed by atoms with Crippen molar-refractivity contribution in [2.75, 3.05) is 0 Å². The normalized spacial score (nSPS) is 21.7. The third-order valence-electron chi connectivity index (χ3n) is 4.47. The SMILES string of the molecule is C=C[C@H](C)C(NC(=O)OC(C)(C)C)C(=O)N1[C@@H](C=C)CC[C@H]1C(=O)OC(C)(C)C. The summed E-state index contributed by atoms with van der Waals surface area (Å²) in [5, 5.41) is 2.64. The topological polar surface area (TPSA) is 84.9 Å². The predicted molar refractivity (Wildman–Crippen MR) is 112 cm³/mol. The van der Waals surface area contributed by atoms with Crippen LogP contribution in [0.2, 0.25) is 0 Å². The van der Waals surface area contributed by atoms with E-state index in [1.165, 1.54) is 4.90 Å². The van der Waals surface area contributed by atoms with Gasteiger partial charge in [0, 0.05) is 5.92 Å². The Labute approximate surface area is 174 Å². The van der Waals surface area contributed by atoms with Crippen molar-refractivity contribution in [2.45, 2.75) is 90.6 Å². The van der Waals surface area contributed by atoms with Crippen molar-refractivity contribution in [1.82, 2.24) is 10.2 Å². The largest absolute Gasteiger partial charge is 0.458 e. The number of amides is 2. The number of alkyl carbamates (subject to hydrolysis) is 1. The van der Waals surface area contributed by atoms with Crippen LogP contribution in [0.4, 0.5) is 4.79 Å². The maximum absolute atomic E-state index is 13.4. The first kappa shape index (κ1) is 24.7. The zero-order valence-electron chi connectivity index (χ0n) is 18.8. The van der Waals surface area contributed by atoms with E-state index in [2.05, 4.69) is 18.5 Å². The van der Waals surface area contributed by atoms with Crippen LogP contribution in [0.1, 0.15) is 61.3 Å². The van der Waals surface area contributed by atoms with Gasteiger partial charge in [-0.3, -0.25) is 4.79 Å². The van der Waals surface area contributed by atoms with Gasteiger partial charge >= 0.3 is 12.1 Å². The Morgan fingerprint density at radius 2 is 1.59 bits per heavy atom. The third kappa shape index (κ3) is 7.22. The molecule has 4 atom stereocenters. The fourth-order valence-corrected chi connectivity index (χ4v) is 3.14. The van der Waals surface area contributed by atoms with Crippen LogP contribution in [-0.4, -0.2) is 52.2 Å². The molecule has 0 bridgehead atoms. The molecular formula is C22H36N2O5. The van der Waals surface area contributed by atoms with E-state index in [-0.39, 0.29) is 17.9 Å². The molecule has 1 aliphatic rings. The van der Waals surface area contributed by atoms with Gasteiger partial charge in [-0.2, -0.15) is 0 Å². The molecule has 1 heterocycles. The van der Waals surface area contributed by atoms with Crippen molar-refractivity contribution in [2.24, 2.45) is 5.92 Å². The van der Waals surface area contributed by atoms with Gasteiger partial charge in [-0.25, -0.2) is 9.59 Å². The summed E-state index contributed by atoms with van der Waals surface area (Å²) in [5.74, 6) is -1.22. The number of hydrogen-bond acceptors (Lipinski definition) is 5. The molecular weight excluding hydrogens is 372 g/mol. The van der Waals surface area contributed by atoms with Gasteiger partial charge in [0.15, 0.2) is 0 Å². The van der Waals surface area contributed by atoms with Crippen LogP contribution < -0.4 is 5.32 Å². The summed E-state index contributed by atoms with van der Waals surface area (Å²) >= 11 is 0. The highest BCUT2D eigenvalue weighted by Crippen LogP contribution is 2.29. The second kappa shape index (κ2) is 9.46. The van der Waals surface area contributed by atoms with Gasteiger partial charge in [0.1, 0.15) is 23.3 Å². The molecule has 7 heteroatoms. The van der Waals surface area contributed by atoms with E-state index in [0.717, 1.165) is 0 Å². The van der Waals surface area contributed by atoms with Crippen molar-refractivity contribution in [3.05, 3.63) is 25.3 Å². The minimum absolute atomic E-state index is 0.319. The Morgan fingerprint density at radius 1 is 1.03 bits per heavy atom. The first-order valence-corrected chi connectivity index (χ1v) is 10.00. The number of nitrogens with zero attached hydrogens (tertiary/aromatic N) is 1. The van der Waals surface area contributed by atoms with Crippen molar-refractivity contribution >= 4 is 18.0 Å². The Morgan fingerprint density at radius 3 is 2.03 bits per heavy atom. The second-order valence-corrected chi connectivity index (χ2v) is 9.39. The van der Waals surface area contributed by atoms with E-state index in [4.69, 9.17) is 9.47 Å². The molecule has 7 nitrogen and oxygen atoms in total. The van der Waals surface area contributed by atoms with Crippen LogP contribution in [-0.2, 0) is 19.1 Å². The van der Waals surface area contributed by atoms with Crippen LogP contribution in [0.25, 0.3) is 0 Å². The third-order valence-corrected chi connectivity index (χ3v) is 4.47. The number of carbonyl (C=O) groups excluding carboxylic acids is 3. The minimum atomic E-state index is -0.923. The van der Waals surface area contributed by atoms with E-state index in [1.807, 2.05) is 0 Å². The predicted octanol–water partition coefficient (Wildman–Crippen LogP) is 3.59. The highest BCUT2D eigenvalue weighted by Gasteiger charge is 2.45. The maximum atomic E-state index is 13.4. The average Bonchev–Trinajstić information content (AvgIpc) is 2.99. The molecule has 0 aromatic carbocycles. The van der Waals surface area contributed by atoms with Gasteiger partial charge in [-0.15, -0.1) is 13.2 Å². The molecule has 0 radical (unpaired) electrons. The summed E-state index contributed by atoms with van der Waals surface area (Å²) < 4.78 is 10.8. The Balaban J connectivity index is 3.14. The number of hydrogen-bond donors (Lipinski definition) is 1. The van der Waals surface area contributed by atoms with Crippen LogP contribution in [0.3, 0.4) is 0 Å². The molecule has 0 aromatic heterocycles. The van der Waals surface area contributed by atoms with Gasteiger partial charge in [-0.05, 0) is 54.4 Å². The van der Waals surface area contributed by atoms with E-state index in [9.17, 15) is 14.4 Å². The Kier molecular flexibility index (Phi) is 8.07. The number of ether oxygens (including phenoxy) is 2. The minimum Gasteiger partial charge on any atom is -0.458 e. The summed E-state index contributed by atoms with van der Waals surface area (Å²) in [6.07, 6.45) is 3.60. The van der Waals surface area contributed by atoms with E-state index >= 15 is 0 Å². The highest BCUT2D eigenvalue weighted by molar-refractivity contribution is 5.91. The molecule has 164 valence electrons. The number of likely N-dealkylation sites (tertiary alicyclic amines) is 1. The van der Waals surface area contributed by atoms with Crippen molar-refractivity contribution in [1.29, 1.82) is 0 Å². The summed E-state index contributed by atoms with van der Waals surface area (Å²) in [7, 11) is 0. The van der Waals surface area contributed by atoms with Crippen LogP contribution in [0, 0.1) is 5.92 Å². The molecule has 0 aromatic rings. The maximum Gasteiger partial charge on any atom is 0.408 e. The van der Waals surface area contributed by atoms with E-state index in [1.54, 1.807) is 60.6 Å². The lowest BCUT2D eigenvalue weighted by molar-refractivity contribution is -0.164. The molecule has 1 saturated heterocycles. The number of rotatable bonds is 6. The van der Waals surface area contributed by atoms with Gasteiger partial charge in [-0.1, -0.05) is 19.1 Å². The summed E-state index contributed by atoms with van der Waals surface area (Å²) in [5.41, 5.74) is -1.37. The molecule has 29 heavy (non-hydrogen) atoms. The van der Waals surface area contributed by atoms with Crippen LogP contribution in [0.5, 0.6) is 0 Å². The molecule has 0 aliphatic carbocycles. The fourth-order valence-electron chi connectivity index (χ4n) is 3.14. The van der Waals surface area contributed by atoms with Gasteiger partial charge in [0.25, 0.3) is 0 Å². The van der Waals surface area contributed by atoms with Crippen LogP contribution >= 0.6 is 0 Å². The highest BCUT2D eigenvalue weighted by atomic mass is 16.6. The van der Waals surface area contributed by atoms with Gasteiger partial charge < -0.3 is 19.7 Å². The molecule has 1 fully saturated rings. The second-order valence-electron chi connectivity index (χ2n) is 9.39. The standard InChI is InChI=1S/C22H36N2O5/c1-10-14(3)17(23-20(27)29-22(7,8)9)18(25)24-15(11-2)12-13-16(24)19(26)28-21(4,5)6/h10-11,14-17H,1-2,12-13H2,3-9H3,(H,23,27)/t14-,15-,16-,17?/m0/s1. The van der Waals surface area contributed by atoms with E-state index < -0.39 is 35.3 Å². The first-order chi connectivity index (χ1) is 13.2. The molecule has 0 spiro atoms. The number of nitrogens with one attached hydrogen (secondary N) is 1. The van der Waals surface area contributed by atoms with Crippen molar-refractivity contribution in [3.63, 3.8) is 0 Å². The molecule has 1 rings (SSSR count). The summed E-state index contributed by atoms with van der Waals surface area (Å²) in [6.45, 7) is 19.9. The van der Waals surface area contributed by atoms with Gasteiger partial charge in [0.2, 0.25) is 5.91 Å².